The number of hydrogen-bond donors (Lipinski definition) is 0. The Balaban J connectivity index is 2.47. The molecule has 1 saturated heterocycles. The fourth-order valence-corrected chi connectivity index (χ4v) is 2.09. The van der Waals surface area contributed by atoms with Gasteiger partial charge in [0.05, 0.1) is 5.41 Å². The number of allylic oxidation sites excluding steroid dienone is 1. The Morgan fingerprint density at radius 2 is 2.11 bits per heavy atom. The van der Waals surface area contributed by atoms with E-state index in [9.17, 15) is 9.59 Å². The maximum atomic E-state index is 12.1. The zero-order valence-electron chi connectivity index (χ0n) is 12.0. The predicted molar refractivity (Wildman–Crippen MR) is 69.6 cm³/mol. The van der Waals surface area contributed by atoms with Crippen molar-refractivity contribution in [2.45, 2.75) is 40.2 Å². The maximum Gasteiger partial charge on any atom is 0.508 e. The van der Waals surface area contributed by atoms with Gasteiger partial charge >= 0.3 is 12.1 Å². The molecule has 0 amide bonds. The Kier molecular flexibility index (Phi) is 4.61. The smallest absolute Gasteiger partial charge is 0.461 e. The first-order valence-electron chi connectivity index (χ1n) is 6.30. The molecule has 19 heavy (non-hydrogen) atoms. The number of rotatable bonds is 6. The van der Waals surface area contributed by atoms with Gasteiger partial charge in [0.25, 0.3) is 0 Å². The Bertz CT molecular complexity index is 370. The molecule has 0 aliphatic carbocycles. The summed E-state index contributed by atoms with van der Waals surface area (Å²) in [6, 6.07) is 0. The Morgan fingerprint density at radius 1 is 1.47 bits per heavy atom. The van der Waals surface area contributed by atoms with Gasteiger partial charge < -0.3 is 14.2 Å². The van der Waals surface area contributed by atoms with Crippen molar-refractivity contribution in [3.63, 3.8) is 0 Å². The molecule has 0 saturated carbocycles. The Labute approximate surface area is 113 Å². The van der Waals surface area contributed by atoms with E-state index in [2.05, 4.69) is 11.3 Å². The largest absolute Gasteiger partial charge is 0.508 e. The van der Waals surface area contributed by atoms with Gasteiger partial charge in [0.2, 0.25) is 0 Å². The first-order chi connectivity index (χ1) is 8.66. The van der Waals surface area contributed by atoms with Crippen LogP contribution < -0.4 is 0 Å². The van der Waals surface area contributed by atoms with Gasteiger partial charge in [-0.2, -0.15) is 0 Å². The standard InChI is InChI=1S/C14H22O5/c1-6-13(2,3)9-14(4,5)11(15)17-7-10-8-18-12(16)19-10/h6,10H,1,7-9H2,2-5H3. The van der Waals surface area contributed by atoms with Gasteiger partial charge in [-0.1, -0.05) is 19.9 Å². The molecule has 1 heterocycles. The summed E-state index contributed by atoms with van der Waals surface area (Å²) in [7, 11) is 0. The van der Waals surface area contributed by atoms with Crippen LogP contribution in [-0.2, 0) is 19.0 Å². The molecular weight excluding hydrogens is 248 g/mol. The van der Waals surface area contributed by atoms with Crippen molar-refractivity contribution in [3.8, 4) is 0 Å². The molecule has 0 bridgehead atoms. The van der Waals surface area contributed by atoms with E-state index >= 15 is 0 Å². The first-order valence-corrected chi connectivity index (χ1v) is 6.30. The van der Waals surface area contributed by atoms with Crippen LogP contribution in [0.4, 0.5) is 4.79 Å². The number of carbonyl (C=O) groups is 2. The van der Waals surface area contributed by atoms with Gasteiger partial charge in [0.15, 0.2) is 6.10 Å². The normalized spacial score (nSPS) is 19.6. The second-order valence-electron chi connectivity index (χ2n) is 6.15. The average Bonchev–Trinajstić information content (AvgIpc) is 2.70. The van der Waals surface area contributed by atoms with E-state index in [4.69, 9.17) is 9.47 Å². The van der Waals surface area contributed by atoms with E-state index in [-0.39, 0.29) is 24.6 Å². The molecule has 1 aliphatic rings. The second-order valence-corrected chi connectivity index (χ2v) is 6.15. The summed E-state index contributed by atoms with van der Waals surface area (Å²) in [4.78, 5) is 22.8. The zero-order valence-corrected chi connectivity index (χ0v) is 12.0. The molecule has 1 rings (SSSR count). The summed E-state index contributed by atoms with van der Waals surface area (Å²) >= 11 is 0. The molecule has 5 heteroatoms. The quantitative estimate of drug-likeness (QED) is 0.548. The number of esters is 1. The Hall–Kier alpha value is -1.52. The van der Waals surface area contributed by atoms with E-state index in [1.165, 1.54) is 0 Å². The van der Waals surface area contributed by atoms with Gasteiger partial charge in [-0.25, -0.2) is 4.79 Å². The lowest BCUT2D eigenvalue weighted by molar-refractivity contribution is -0.157. The number of carbonyl (C=O) groups excluding carboxylic acids is 2. The predicted octanol–water partition coefficient (Wildman–Crippen LogP) is 2.69. The lowest BCUT2D eigenvalue weighted by atomic mass is 9.75. The van der Waals surface area contributed by atoms with Gasteiger partial charge in [-0.3, -0.25) is 4.79 Å². The summed E-state index contributed by atoms with van der Waals surface area (Å²) in [5, 5.41) is 0. The third-order valence-corrected chi connectivity index (χ3v) is 3.05. The molecule has 0 spiro atoms. The highest BCUT2D eigenvalue weighted by atomic mass is 16.8. The minimum absolute atomic E-state index is 0.0303. The summed E-state index contributed by atoms with van der Waals surface area (Å²) < 4.78 is 14.6. The van der Waals surface area contributed by atoms with Gasteiger partial charge in [0, 0.05) is 0 Å². The van der Waals surface area contributed by atoms with Gasteiger partial charge in [-0.05, 0) is 25.7 Å². The molecule has 1 aliphatic heterocycles. The minimum atomic E-state index is -0.715. The summed E-state index contributed by atoms with van der Waals surface area (Å²) in [6.07, 6.45) is 1.24. The number of hydrogen-bond acceptors (Lipinski definition) is 5. The van der Waals surface area contributed by atoms with Crippen LogP contribution in [0.15, 0.2) is 12.7 Å². The average molecular weight is 270 g/mol. The third kappa shape index (κ3) is 4.58. The van der Waals surface area contributed by atoms with Crippen LogP contribution in [0.1, 0.15) is 34.1 Å². The molecular formula is C14H22O5. The van der Waals surface area contributed by atoms with Crippen LogP contribution in [0.5, 0.6) is 0 Å². The molecule has 0 N–H and O–H groups in total. The summed E-state index contributed by atoms with van der Waals surface area (Å²) in [5.41, 5.74) is -0.771. The number of ether oxygens (including phenoxy) is 3. The fraction of sp³-hybridized carbons (Fsp3) is 0.714. The molecule has 0 aromatic rings. The lowest BCUT2D eigenvalue weighted by Gasteiger charge is -2.31. The number of cyclic esters (lactones) is 2. The van der Waals surface area contributed by atoms with Crippen LogP contribution >= 0.6 is 0 Å². The van der Waals surface area contributed by atoms with E-state index in [1.807, 2.05) is 33.8 Å². The van der Waals surface area contributed by atoms with Crippen LogP contribution in [0.3, 0.4) is 0 Å². The minimum Gasteiger partial charge on any atom is -0.461 e. The topological polar surface area (TPSA) is 61.8 Å². The monoisotopic (exact) mass is 270 g/mol. The lowest BCUT2D eigenvalue weighted by Crippen LogP contribution is -2.33. The van der Waals surface area contributed by atoms with E-state index in [0.29, 0.717) is 6.42 Å². The maximum absolute atomic E-state index is 12.1. The van der Waals surface area contributed by atoms with Crippen molar-refractivity contribution in [1.29, 1.82) is 0 Å². The molecule has 108 valence electrons. The van der Waals surface area contributed by atoms with Gasteiger partial charge in [0.1, 0.15) is 13.2 Å². The highest BCUT2D eigenvalue weighted by Crippen LogP contribution is 2.35. The highest BCUT2D eigenvalue weighted by Gasteiger charge is 2.36. The van der Waals surface area contributed by atoms with Crippen LogP contribution in [-0.4, -0.2) is 31.4 Å². The summed E-state index contributed by atoms with van der Waals surface area (Å²) in [6.45, 7) is 11.6. The molecule has 1 unspecified atom stereocenters. The van der Waals surface area contributed by atoms with Crippen molar-refractivity contribution < 1.29 is 23.8 Å². The molecule has 1 fully saturated rings. The highest BCUT2D eigenvalue weighted by molar-refractivity contribution is 5.76. The van der Waals surface area contributed by atoms with Crippen molar-refractivity contribution in [3.05, 3.63) is 12.7 Å². The van der Waals surface area contributed by atoms with Crippen LogP contribution in [0, 0.1) is 10.8 Å². The fourth-order valence-electron chi connectivity index (χ4n) is 2.09. The van der Waals surface area contributed by atoms with Crippen molar-refractivity contribution >= 4 is 12.1 Å². The van der Waals surface area contributed by atoms with Crippen molar-refractivity contribution in [1.82, 2.24) is 0 Å². The Morgan fingerprint density at radius 3 is 2.58 bits per heavy atom. The van der Waals surface area contributed by atoms with Crippen molar-refractivity contribution in [2.24, 2.45) is 10.8 Å². The van der Waals surface area contributed by atoms with E-state index < -0.39 is 17.7 Å². The molecule has 0 aromatic heterocycles. The molecule has 5 nitrogen and oxygen atoms in total. The molecule has 0 aromatic carbocycles. The first kappa shape index (κ1) is 15.5. The zero-order chi connectivity index (χ0) is 14.7. The van der Waals surface area contributed by atoms with E-state index in [0.717, 1.165) is 0 Å². The second kappa shape index (κ2) is 5.63. The third-order valence-electron chi connectivity index (χ3n) is 3.05. The van der Waals surface area contributed by atoms with Crippen molar-refractivity contribution in [2.75, 3.05) is 13.2 Å². The van der Waals surface area contributed by atoms with Crippen LogP contribution in [0.25, 0.3) is 0 Å². The van der Waals surface area contributed by atoms with E-state index in [1.54, 1.807) is 0 Å². The van der Waals surface area contributed by atoms with Crippen LogP contribution in [0.2, 0.25) is 0 Å². The summed E-state index contributed by atoms with van der Waals surface area (Å²) in [5.74, 6) is -0.314. The molecule has 0 radical (unpaired) electrons. The van der Waals surface area contributed by atoms with Gasteiger partial charge in [-0.15, -0.1) is 6.58 Å². The SMILES string of the molecule is C=CC(C)(C)CC(C)(C)C(=O)OCC1COC(=O)O1. The molecule has 1 atom stereocenters.